The van der Waals surface area contributed by atoms with E-state index in [1.54, 1.807) is 0 Å². The Morgan fingerprint density at radius 2 is 1.75 bits per heavy atom. The second kappa shape index (κ2) is 9.56. The van der Waals surface area contributed by atoms with Gasteiger partial charge in [0.05, 0.1) is 0 Å². The fourth-order valence-electron chi connectivity index (χ4n) is 3.71. The molecule has 170 valence electrons. The summed E-state index contributed by atoms with van der Waals surface area (Å²) in [4.78, 5) is 38.8. The van der Waals surface area contributed by atoms with Crippen LogP contribution in [0.15, 0.2) is 42.5 Å². The number of hydrogen-bond donors (Lipinski definition) is 6. The molecule has 2 aromatic carbocycles. The molecule has 0 unspecified atom stereocenters. The van der Waals surface area contributed by atoms with Gasteiger partial charge < -0.3 is 36.4 Å². The van der Waals surface area contributed by atoms with Crippen molar-refractivity contribution in [3.05, 3.63) is 53.6 Å². The van der Waals surface area contributed by atoms with Crippen LogP contribution < -0.4 is 11.1 Å². The van der Waals surface area contributed by atoms with E-state index < -0.39 is 41.7 Å². The summed E-state index contributed by atoms with van der Waals surface area (Å²) in [6.45, 7) is 0.312. The Balaban J connectivity index is 1.70. The Kier molecular flexibility index (Phi) is 6.84. The third kappa shape index (κ3) is 5.09. The first kappa shape index (κ1) is 22.9. The molecule has 2 aromatic rings. The smallest absolute Gasteiger partial charge is 0.326 e. The quantitative estimate of drug-likeness (QED) is 0.338. The maximum atomic E-state index is 12.9. The van der Waals surface area contributed by atoms with Gasteiger partial charge in [-0.25, -0.2) is 4.79 Å². The number of likely N-dealkylation sites (tertiary alicyclic amines) is 1. The van der Waals surface area contributed by atoms with E-state index in [1.165, 1.54) is 47.4 Å². The van der Waals surface area contributed by atoms with Crippen molar-refractivity contribution < 1.29 is 34.8 Å². The zero-order valence-corrected chi connectivity index (χ0v) is 17.1. The van der Waals surface area contributed by atoms with Gasteiger partial charge in [-0.2, -0.15) is 0 Å². The molecule has 1 aliphatic heterocycles. The van der Waals surface area contributed by atoms with Crippen molar-refractivity contribution in [2.45, 2.75) is 37.4 Å². The maximum Gasteiger partial charge on any atom is 0.326 e. The molecule has 3 rings (SSSR count). The van der Waals surface area contributed by atoms with Gasteiger partial charge in [0.15, 0.2) is 11.5 Å². The fraction of sp³-hybridized carbons (Fsp3) is 0.318. The first-order valence-corrected chi connectivity index (χ1v) is 10.1. The molecule has 2 amide bonds. The molecule has 0 aromatic heterocycles. The van der Waals surface area contributed by atoms with E-state index in [4.69, 9.17) is 5.73 Å². The second-order valence-electron chi connectivity index (χ2n) is 7.69. The minimum atomic E-state index is -1.30. The van der Waals surface area contributed by atoms with E-state index >= 15 is 0 Å². The van der Waals surface area contributed by atoms with E-state index in [0.717, 1.165) is 0 Å². The number of aliphatic carboxylic acids is 1. The lowest BCUT2D eigenvalue weighted by Crippen LogP contribution is -2.52. The van der Waals surface area contributed by atoms with Crippen molar-refractivity contribution in [2.24, 2.45) is 5.73 Å². The number of aromatic hydroxyl groups is 3. The number of carboxylic acids is 1. The van der Waals surface area contributed by atoms with Crippen molar-refractivity contribution in [1.82, 2.24) is 10.2 Å². The Bertz CT molecular complexity index is 1010. The van der Waals surface area contributed by atoms with Crippen LogP contribution in [-0.2, 0) is 20.8 Å². The van der Waals surface area contributed by atoms with Crippen molar-refractivity contribution in [3.8, 4) is 17.2 Å². The number of carboxylic acid groups (broad SMARTS) is 1. The average molecular weight is 443 g/mol. The molecule has 0 spiro atoms. The zero-order valence-electron chi connectivity index (χ0n) is 17.1. The lowest BCUT2D eigenvalue weighted by Gasteiger charge is -2.28. The molecule has 1 saturated heterocycles. The average Bonchev–Trinajstić information content (AvgIpc) is 3.25. The van der Waals surface area contributed by atoms with E-state index in [1.807, 2.05) is 0 Å². The van der Waals surface area contributed by atoms with Crippen LogP contribution in [0.5, 0.6) is 17.2 Å². The highest BCUT2D eigenvalue weighted by Crippen LogP contribution is 2.26. The monoisotopic (exact) mass is 443 g/mol. The maximum absolute atomic E-state index is 12.9. The van der Waals surface area contributed by atoms with Gasteiger partial charge in [0.2, 0.25) is 11.8 Å². The van der Waals surface area contributed by atoms with Gasteiger partial charge in [-0.1, -0.05) is 18.2 Å². The highest BCUT2D eigenvalue weighted by atomic mass is 16.4. The van der Waals surface area contributed by atoms with E-state index in [-0.39, 0.29) is 17.9 Å². The third-order valence-electron chi connectivity index (χ3n) is 5.45. The molecular weight excluding hydrogens is 418 g/mol. The Labute approximate surface area is 183 Å². The summed E-state index contributed by atoms with van der Waals surface area (Å²) in [6, 6.07) is 6.58. The number of nitrogens with two attached hydrogens (primary N) is 1. The molecule has 0 radical (unpaired) electrons. The topological polar surface area (TPSA) is 173 Å². The predicted molar refractivity (Wildman–Crippen MR) is 113 cm³/mol. The van der Waals surface area contributed by atoms with Crippen LogP contribution in [-0.4, -0.2) is 61.7 Å². The Hall–Kier alpha value is -3.79. The van der Waals surface area contributed by atoms with Gasteiger partial charge in [0.25, 0.3) is 0 Å². The number of hydrogen-bond acceptors (Lipinski definition) is 7. The van der Waals surface area contributed by atoms with Crippen molar-refractivity contribution in [3.63, 3.8) is 0 Å². The summed E-state index contributed by atoms with van der Waals surface area (Å²) in [5.41, 5.74) is 6.95. The van der Waals surface area contributed by atoms with Crippen molar-refractivity contribution >= 4 is 17.8 Å². The number of phenolic OH excluding ortho intramolecular Hbond substituents is 3. The first-order valence-electron chi connectivity index (χ1n) is 10.1. The number of carbonyl (C=O) groups excluding carboxylic acids is 2. The van der Waals surface area contributed by atoms with Crippen LogP contribution in [0.25, 0.3) is 0 Å². The van der Waals surface area contributed by atoms with Crippen LogP contribution in [0.2, 0.25) is 0 Å². The molecule has 1 heterocycles. The standard InChI is InChI=1S/C22H25N3O7/c23-19(13-4-6-14(26)7-5-13)21(30)25-9-1-2-16(25)20(29)24-15(22(31)32)10-12-3-8-17(27)18(28)11-12/h3-8,11,15-16,19,26-28H,1-2,9-10,23H2,(H,24,29)(H,31,32)/t15-,16+,19-/m1/s1. The molecule has 1 aliphatic rings. The summed E-state index contributed by atoms with van der Waals surface area (Å²) in [5.74, 6) is -3.05. The number of carbonyl (C=O) groups is 3. The number of phenols is 3. The molecular formula is C22H25N3O7. The van der Waals surface area contributed by atoms with Gasteiger partial charge >= 0.3 is 5.97 Å². The summed E-state index contributed by atoms with van der Waals surface area (Å²) < 4.78 is 0. The van der Waals surface area contributed by atoms with Crippen LogP contribution in [0, 0.1) is 0 Å². The number of benzene rings is 2. The number of nitrogens with one attached hydrogen (secondary N) is 1. The molecule has 0 saturated carbocycles. The summed E-state index contributed by atoms with van der Waals surface area (Å²) in [5, 5.41) is 40.4. The molecule has 3 atom stereocenters. The van der Waals surface area contributed by atoms with Gasteiger partial charge in [-0.3, -0.25) is 9.59 Å². The van der Waals surface area contributed by atoms with Crippen LogP contribution in [0.3, 0.4) is 0 Å². The van der Waals surface area contributed by atoms with E-state index in [0.29, 0.717) is 30.5 Å². The fourth-order valence-corrected chi connectivity index (χ4v) is 3.71. The highest BCUT2D eigenvalue weighted by Gasteiger charge is 2.38. The molecule has 7 N–H and O–H groups in total. The van der Waals surface area contributed by atoms with Gasteiger partial charge in [-0.15, -0.1) is 0 Å². The normalized spacial score (nSPS) is 17.5. The van der Waals surface area contributed by atoms with Crippen LogP contribution in [0.4, 0.5) is 0 Å². The van der Waals surface area contributed by atoms with Crippen LogP contribution in [0.1, 0.15) is 30.0 Å². The number of amides is 2. The number of nitrogens with zero attached hydrogens (tertiary/aromatic N) is 1. The molecule has 1 fully saturated rings. The lowest BCUT2D eigenvalue weighted by atomic mass is 10.0. The largest absolute Gasteiger partial charge is 0.508 e. The second-order valence-corrected chi connectivity index (χ2v) is 7.69. The van der Waals surface area contributed by atoms with Crippen molar-refractivity contribution in [1.29, 1.82) is 0 Å². The van der Waals surface area contributed by atoms with E-state index in [9.17, 15) is 34.8 Å². The molecule has 32 heavy (non-hydrogen) atoms. The van der Waals surface area contributed by atoms with Gasteiger partial charge in [0.1, 0.15) is 23.9 Å². The van der Waals surface area contributed by atoms with Crippen molar-refractivity contribution in [2.75, 3.05) is 6.54 Å². The van der Waals surface area contributed by atoms with Crippen LogP contribution >= 0.6 is 0 Å². The first-order chi connectivity index (χ1) is 15.2. The molecule has 0 bridgehead atoms. The Morgan fingerprint density at radius 1 is 1.06 bits per heavy atom. The zero-order chi connectivity index (χ0) is 23.4. The highest BCUT2D eigenvalue weighted by molar-refractivity contribution is 5.92. The summed E-state index contributed by atoms with van der Waals surface area (Å²) in [7, 11) is 0. The van der Waals surface area contributed by atoms with Gasteiger partial charge in [-0.05, 0) is 48.2 Å². The lowest BCUT2D eigenvalue weighted by molar-refractivity contribution is -0.144. The summed E-state index contributed by atoms with van der Waals surface area (Å²) in [6.07, 6.45) is 0.810. The summed E-state index contributed by atoms with van der Waals surface area (Å²) >= 11 is 0. The third-order valence-corrected chi connectivity index (χ3v) is 5.45. The molecule has 10 heteroatoms. The minimum Gasteiger partial charge on any atom is -0.508 e. The number of rotatable bonds is 7. The SMILES string of the molecule is N[C@@H](C(=O)N1CCC[C@H]1C(=O)N[C@H](Cc1ccc(O)c(O)c1)C(=O)O)c1ccc(O)cc1. The minimum absolute atomic E-state index is 0.0356. The Morgan fingerprint density at radius 3 is 2.38 bits per heavy atom. The predicted octanol–water partition coefficient (Wildman–Crippen LogP) is 0.606. The molecule has 10 nitrogen and oxygen atoms in total. The molecule has 0 aliphatic carbocycles. The van der Waals surface area contributed by atoms with Gasteiger partial charge in [0, 0.05) is 13.0 Å². The van der Waals surface area contributed by atoms with E-state index in [2.05, 4.69) is 5.32 Å².